The molecule has 2 aliphatic rings. The van der Waals surface area contributed by atoms with Crippen LogP contribution in [0.5, 0.6) is 0 Å². The van der Waals surface area contributed by atoms with Gasteiger partial charge in [-0.1, -0.05) is 72.4 Å². The van der Waals surface area contributed by atoms with Crippen LogP contribution in [0.1, 0.15) is 17.5 Å². The third kappa shape index (κ3) is 4.65. The van der Waals surface area contributed by atoms with E-state index in [0.29, 0.717) is 11.3 Å². The van der Waals surface area contributed by atoms with Crippen molar-refractivity contribution in [2.75, 3.05) is 19.6 Å². The van der Waals surface area contributed by atoms with Crippen molar-refractivity contribution in [2.24, 2.45) is 4.99 Å². The molecule has 25 heavy (non-hydrogen) atoms. The van der Waals surface area contributed by atoms with Gasteiger partial charge in [-0.05, 0) is 30.5 Å². The zero-order valence-corrected chi connectivity index (χ0v) is 15.3. The van der Waals surface area contributed by atoms with Gasteiger partial charge in [-0.2, -0.15) is 0 Å². The first kappa shape index (κ1) is 16.7. The standard InChI is InChI=1S/C21H25N3S/c1-3-7-17(8-4-1)13-19-14-22-21(23-19)25-20-11-12-24(16-20)15-18-9-5-2-6-10-18/h1-10,19-20H,11-16H2,(H,22,23). The van der Waals surface area contributed by atoms with Crippen LogP contribution >= 0.6 is 11.8 Å². The SMILES string of the molecule is c1ccc(CC2CN=C(SC3CCN(Cc4ccccc4)C3)N2)cc1. The Morgan fingerprint density at radius 2 is 1.72 bits per heavy atom. The molecule has 0 aliphatic carbocycles. The molecular formula is C21H25N3S. The number of aliphatic imine (C=N–C) groups is 1. The van der Waals surface area contributed by atoms with Crippen LogP contribution in [0.15, 0.2) is 65.7 Å². The molecule has 1 saturated heterocycles. The Balaban J connectivity index is 1.22. The van der Waals surface area contributed by atoms with Crippen molar-refractivity contribution in [3.05, 3.63) is 71.8 Å². The van der Waals surface area contributed by atoms with E-state index in [1.807, 2.05) is 11.8 Å². The first-order valence-electron chi connectivity index (χ1n) is 9.13. The van der Waals surface area contributed by atoms with Gasteiger partial charge in [0.2, 0.25) is 0 Å². The highest BCUT2D eigenvalue weighted by Gasteiger charge is 2.27. The number of thioether (sulfide) groups is 1. The Kier molecular flexibility index (Phi) is 5.38. The van der Waals surface area contributed by atoms with E-state index in [4.69, 9.17) is 4.99 Å². The fraction of sp³-hybridized carbons (Fsp3) is 0.381. The van der Waals surface area contributed by atoms with Crippen molar-refractivity contribution in [3.8, 4) is 0 Å². The van der Waals surface area contributed by atoms with E-state index in [-0.39, 0.29) is 0 Å². The van der Waals surface area contributed by atoms with Gasteiger partial charge in [0.25, 0.3) is 0 Å². The topological polar surface area (TPSA) is 27.6 Å². The molecule has 1 fully saturated rings. The van der Waals surface area contributed by atoms with Gasteiger partial charge in [-0.3, -0.25) is 9.89 Å². The maximum absolute atomic E-state index is 4.74. The highest BCUT2D eigenvalue weighted by molar-refractivity contribution is 8.14. The Morgan fingerprint density at radius 3 is 2.48 bits per heavy atom. The molecule has 0 radical (unpaired) electrons. The van der Waals surface area contributed by atoms with Gasteiger partial charge in [-0.15, -0.1) is 0 Å². The van der Waals surface area contributed by atoms with E-state index in [1.165, 1.54) is 24.1 Å². The highest BCUT2D eigenvalue weighted by Crippen LogP contribution is 2.26. The summed E-state index contributed by atoms with van der Waals surface area (Å²) in [5.41, 5.74) is 2.80. The molecule has 3 nitrogen and oxygen atoms in total. The van der Waals surface area contributed by atoms with Crippen LogP contribution in [-0.4, -0.2) is 41.0 Å². The van der Waals surface area contributed by atoms with E-state index in [0.717, 1.165) is 31.2 Å². The molecule has 2 aromatic carbocycles. The minimum absolute atomic E-state index is 0.451. The van der Waals surface area contributed by atoms with E-state index in [1.54, 1.807) is 0 Å². The molecule has 0 spiro atoms. The molecule has 0 amide bonds. The molecule has 2 aliphatic heterocycles. The quantitative estimate of drug-likeness (QED) is 0.892. The number of nitrogens with one attached hydrogen (secondary N) is 1. The van der Waals surface area contributed by atoms with Gasteiger partial charge in [0, 0.05) is 18.3 Å². The molecule has 4 heteroatoms. The largest absolute Gasteiger partial charge is 0.360 e. The van der Waals surface area contributed by atoms with Crippen molar-refractivity contribution < 1.29 is 0 Å². The van der Waals surface area contributed by atoms with Crippen molar-refractivity contribution in [2.45, 2.75) is 30.7 Å². The monoisotopic (exact) mass is 351 g/mol. The molecule has 0 aromatic heterocycles. The number of hydrogen-bond acceptors (Lipinski definition) is 4. The van der Waals surface area contributed by atoms with Gasteiger partial charge in [-0.25, -0.2) is 0 Å². The van der Waals surface area contributed by atoms with Crippen molar-refractivity contribution in [1.82, 2.24) is 10.2 Å². The lowest BCUT2D eigenvalue weighted by Crippen LogP contribution is -2.31. The minimum atomic E-state index is 0.451. The van der Waals surface area contributed by atoms with Gasteiger partial charge in [0.1, 0.15) is 0 Å². The summed E-state index contributed by atoms with van der Waals surface area (Å²) in [5.74, 6) is 0. The summed E-state index contributed by atoms with van der Waals surface area (Å²) < 4.78 is 0. The smallest absolute Gasteiger partial charge is 0.157 e. The van der Waals surface area contributed by atoms with Crippen molar-refractivity contribution in [1.29, 1.82) is 0 Å². The van der Waals surface area contributed by atoms with E-state index in [2.05, 4.69) is 70.9 Å². The van der Waals surface area contributed by atoms with E-state index < -0.39 is 0 Å². The summed E-state index contributed by atoms with van der Waals surface area (Å²) in [4.78, 5) is 7.30. The Morgan fingerprint density at radius 1 is 1.00 bits per heavy atom. The minimum Gasteiger partial charge on any atom is -0.360 e. The van der Waals surface area contributed by atoms with Gasteiger partial charge >= 0.3 is 0 Å². The number of hydrogen-bond donors (Lipinski definition) is 1. The van der Waals surface area contributed by atoms with Gasteiger partial charge < -0.3 is 5.32 Å². The molecular weight excluding hydrogens is 326 g/mol. The molecule has 2 unspecified atom stereocenters. The van der Waals surface area contributed by atoms with Crippen LogP contribution in [0, 0.1) is 0 Å². The lowest BCUT2D eigenvalue weighted by molar-refractivity contribution is 0.332. The molecule has 130 valence electrons. The first-order chi connectivity index (χ1) is 12.3. The normalized spacial score (nSPS) is 23.4. The summed E-state index contributed by atoms with van der Waals surface area (Å²) in [6.45, 7) is 4.31. The van der Waals surface area contributed by atoms with Crippen LogP contribution in [0.25, 0.3) is 0 Å². The summed E-state index contributed by atoms with van der Waals surface area (Å²) >= 11 is 1.94. The average molecular weight is 352 g/mol. The van der Waals surface area contributed by atoms with E-state index in [9.17, 15) is 0 Å². The number of rotatable bonds is 5. The van der Waals surface area contributed by atoms with Crippen molar-refractivity contribution >= 4 is 16.9 Å². The Bertz CT molecular complexity index is 702. The molecule has 2 aromatic rings. The van der Waals surface area contributed by atoms with Crippen molar-refractivity contribution in [3.63, 3.8) is 0 Å². The fourth-order valence-electron chi connectivity index (χ4n) is 3.58. The summed E-state index contributed by atoms with van der Waals surface area (Å²) in [6.07, 6.45) is 2.31. The van der Waals surface area contributed by atoms with Gasteiger partial charge in [0.05, 0.1) is 12.6 Å². The lowest BCUT2D eigenvalue weighted by atomic mass is 10.1. The summed E-state index contributed by atoms with van der Waals surface area (Å²) in [7, 11) is 0. The Hall–Kier alpha value is -1.78. The van der Waals surface area contributed by atoms with Crippen LogP contribution in [-0.2, 0) is 13.0 Å². The molecule has 4 rings (SSSR count). The number of likely N-dealkylation sites (tertiary alicyclic amines) is 1. The maximum atomic E-state index is 4.74. The van der Waals surface area contributed by atoms with Gasteiger partial charge in [0.15, 0.2) is 5.17 Å². The highest BCUT2D eigenvalue weighted by atomic mass is 32.2. The third-order valence-electron chi connectivity index (χ3n) is 4.86. The second-order valence-corrected chi connectivity index (χ2v) is 8.22. The predicted molar refractivity (Wildman–Crippen MR) is 107 cm³/mol. The summed E-state index contributed by atoms with van der Waals surface area (Å²) in [5, 5.41) is 5.43. The molecule has 0 bridgehead atoms. The molecule has 2 atom stereocenters. The van der Waals surface area contributed by atoms with Crippen LogP contribution in [0.2, 0.25) is 0 Å². The zero-order valence-electron chi connectivity index (χ0n) is 14.5. The second-order valence-electron chi connectivity index (χ2n) is 6.93. The van der Waals surface area contributed by atoms with Crippen LogP contribution < -0.4 is 5.32 Å². The third-order valence-corrected chi connectivity index (χ3v) is 6.05. The first-order valence-corrected chi connectivity index (χ1v) is 10.0. The van der Waals surface area contributed by atoms with Crippen LogP contribution in [0.4, 0.5) is 0 Å². The van der Waals surface area contributed by atoms with Crippen LogP contribution in [0.3, 0.4) is 0 Å². The molecule has 2 heterocycles. The average Bonchev–Trinajstić information content (AvgIpc) is 3.27. The molecule has 0 saturated carbocycles. The fourth-order valence-corrected chi connectivity index (χ4v) is 4.79. The maximum Gasteiger partial charge on any atom is 0.157 e. The predicted octanol–water partition coefficient (Wildman–Crippen LogP) is 3.56. The zero-order chi connectivity index (χ0) is 16.9. The number of amidine groups is 1. The molecule has 1 N–H and O–H groups in total. The summed E-state index contributed by atoms with van der Waals surface area (Å²) in [6, 6.07) is 21.9. The lowest BCUT2D eigenvalue weighted by Gasteiger charge is -2.16. The van der Waals surface area contributed by atoms with E-state index >= 15 is 0 Å². The number of benzene rings is 2. The number of nitrogens with zero attached hydrogens (tertiary/aromatic N) is 2. The Labute approximate surface area is 154 Å². The second kappa shape index (κ2) is 8.07.